The summed E-state index contributed by atoms with van der Waals surface area (Å²) < 4.78 is 0. The van der Waals surface area contributed by atoms with Crippen LogP contribution in [0.2, 0.25) is 0 Å². The maximum absolute atomic E-state index is 12.2. The van der Waals surface area contributed by atoms with Crippen LogP contribution >= 0.6 is 0 Å². The van der Waals surface area contributed by atoms with Gasteiger partial charge in [0.1, 0.15) is 0 Å². The van der Waals surface area contributed by atoms with E-state index in [1.165, 1.54) is 11.1 Å². The maximum atomic E-state index is 12.2. The summed E-state index contributed by atoms with van der Waals surface area (Å²) >= 11 is 0. The maximum Gasteiger partial charge on any atom is 0.237 e. The molecule has 0 aromatic heterocycles. The van der Waals surface area contributed by atoms with Crippen molar-refractivity contribution >= 4 is 5.91 Å². The summed E-state index contributed by atoms with van der Waals surface area (Å²) in [6, 6.07) is 8.00. The third kappa shape index (κ3) is 3.16. The monoisotopic (exact) mass is 260 g/mol. The molecule has 19 heavy (non-hydrogen) atoms. The molecule has 1 aromatic rings. The first kappa shape index (κ1) is 14.1. The molecule has 0 saturated carbocycles. The van der Waals surface area contributed by atoms with Crippen molar-refractivity contribution in [3.8, 4) is 0 Å². The number of rotatable bonds is 2. The summed E-state index contributed by atoms with van der Waals surface area (Å²) in [6.45, 7) is 5.98. The Morgan fingerprint density at radius 3 is 2.74 bits per heavy atom. The van der Waals surface area contributed by atoms with Crippen LogP contribution in [0.5, 0.6) is 0 Å². The zero-order valence-corrected chi connectivity index (χ0v) is 12.1. The summed E-state index contributed by atoms with van der Waals surface area (Å²) in [5.41, 5.74) is 8.41. The molecule has 0 bridgehead atoms. The second kappa shape index (κ2) is 5.33. The topological polar surface area (TPSA) is 55.1 Å². The van der Waals surface area contributed by atoms with Gasteiger partial charge in [-0.05, 0) is 35.8 Å². The van der Waals surface area contributed by atoms with Crippen LogP contribution in [0, 0.1) is 5.41 Å². The van der Waals surface area contributed by atoms with Crippen molar-refractivity contribution < 1.29 is 4.79 Å². The lowest BCUT2D eigenvalue weighted by molar-refractivity contribution is -0.125. The number of carbonyl (C=O) groups is 1. The molecule has 104 valence electrons. The Kier molecular flexibility index (Phi) is 3.95. The molecule has 1 aromatic carbocycles. The van der Waals surface area contributed by atoms with Gasteiger partial charge in [-0.1, -0.05) is 45.0 Å². The highest BCUT2D eigenvalue weighted by atomic mass is 16.2. The van der Waals surface area contributed by atoms with Gasteiger partial charge < -0.3 is 11.1 Å². The quantitative estimate of drug-likeness (QED) is 0.858. The Bertz CT molecular complexity index is 462. The fraction of sp³-hybridized carbons (Fsp3) is 0.562. The van der Waals surface area contributed by atoms with Gasteiger partial charge >= 0.3 is 0 Å². The van der Waals surface area contributed by atoms with Crippen molar-refractivity contribution in [2.75, 3.05) is 0 Å². The van der Waals surface area contributed by atoms with E-state index < -0.39 is 6.04 Å². The van der Waals surface area contributed by atoms with Crippen molar-refractivity contribution in [1.29, 1.82) is 0 Å². The summed E-state index contributed by atoms with van der Waals surface area (Å²) in [4.78, 5) is 12.2. The molecule has 2 atom stereocenters. The highest BCUT2D eigenvalue weighted by Crippen LogP contribution is 2.30. The van der Waals surface area contributed by atoms with Crippen molar-refractivity contribution in [1.82, 2.24) is 5.32 Å². The molecule has 1 aliphatic rings. The fourth-order valence-electron chi connectivity index (χ4n) is 2.56. The third-order valence-corrected chi connectivity index (χ3v) is 3.90. The highest BCUT2D eigenvalue weighted by molar-refractivity contribution is 5.82. The van der Waals surface area contributed by atoms with E-state index in [1.807, 2.05) is 26.8 Å². The van der Waals surface area contributed by atoms with Crippen molar-refractivity contribution in [3.05, 3.63) is 35.4 Å². The van der Waals surface area contributed by atoms with Crippen LogP contribution in [-0.4, -0.2) is 11.9 Å². The predicted octanol–water partition coefficient (Wildman–Crippen LogP) is 2.55. The standard InChI is InChI=1S/C16H24N2O/c1-16(2,3)14(17)15(19)18-13-10-6-8-11-7-4-5-9-12(11)13/h4-5,7,9,13-14H,6,8,10,17H2,1-3H3,(H,18,19)/t13?,14-/m1/s1. The van der Waals surface area contributed by atoms with Crippen LogP contribution in [0.25, 0.3) is 0 Å². The van der Waals surface area contributed by atoms with Gasteiger partial charge in [0.25, 0.3) is 0 Å². The zero-order valence-electron chi connectivity index (χ0n) is 12.1. The van der Waals surface area contributed by atoms with Crippen LogP contribution in [0.15, 0.2) is 24.3 Å². The van der Waals surface area contributed by atoms with E-state index >= 15 is 0 Å². The Hall–Kier alpha value is -1.35. The minimum Gasteiger partial charge on any atom is -0.348 e. The molecule has 0 saturated heterocycles. The first-order valence-corrected chi connectivity index (χ1v) is 7.03. The minimum atomic E-state index is -0.471. The van der Waals surface area contributed by atoms with E-state index in [2.05, 4.69) is 23.5 Å². The lowest BCUT2D eigenvalue weighted by Crippen LogP contribution is -2.49. The molecule has 3 nitrogen and oxygen atoms in total. The van der Waals surface area contributed by atoms with E-state index in [4.69, 9.17) is 5.73 Å². The molecule has 1 amide bonds. The number of nitrogens with one attached hydrogen (secondary N) is 1. The molecule has 3 N–H and O–H groups in total. The average Bonchev–Trinajstić information content (AvgIpc) is 2.37. The number of hydrogen-bond donors (Lipinski definition) is 2. The summed E-state index contributed by atoms with van der Waals surface area (Å²) in [5, 5.41) is 3.12. The van der Waals surface area contributed by atoms with Gasteiger partial charge in [-0.25, -0.2) is 0 Å². The first-order valence-electron chi connectivity index (χ1n) is 7.03. The van der Waals surface area contributed by atoms with Crippen molar-refractivity contribution in [2.45, 2.75) is 52.1 Å². The predicted molar refractivity (Wildman–Crippen MR) is 77.7 cm³/mol. The molecule has 3 heteroatoms. The van der Waals surface area contributed by atoms with E-state index in [0.717, 1.165) is 19.3 Å². The van der Waals surface area contributed by atoms with Crippen LogP contribution < -0.4 is 11.1 Å². The summed E-state index contributed by atoms with van der Waals surface area (Å²) in [6.07, 6.45) is 3.22. The van der Waals surface area contributed by atoms with Crippen LogP contribution in [0.4, 0.5) is 0 Å². The first-order chi connectivity index (χ1) is 8.89. The number of nitrogens with two attached hydrogens (primary N) is 1. The second-order valence-corrected chi connectivity index (χ2v) is 6.50. The van der Waals surface area contributed by atoms with Crippen LogP contribution in [0.1, 0.15) is 50.8 Å². The van der Waals surface area contributed by atoms with Gasteiger partial charge in [-0.15, -0.1) is 0 Å². The van der Waals surface area contributed by atoms with Gasteiger partial charge in [0.2, 0.25) is 5.91 Å². The van der Waals surface area contributed by atoms with Crippen molar-refractivity contribution in [3.63, 3.8) is 0 Å². The second-order valence-electron chi connectivity index (χ2n) is 6.50. The van der Waals surface area contributed by atoms with Gasteiger partial charge in [-0.3, -0.25) is 4.79 Å². The summed E-state index contributed by atoms with van der Waals surface area (Å²) in [7, 11) is 0. The molecule has 2 rings (SSSR count). The average molecular weight is 260 g/mol. The van der Waals surface area contributed by atoms with Crippen LogP contribution in [-0.2, 0) is 11.2 Å². The number of aryl methyl sites for hydroxylation is 1. The van der Waals surface area contributed by atoms with Gasteiger partial charge in [0, 0.05) is 0 Å². The largest absolute Gasteiger partial charge is 0.348 e. The van der Waals surface area contributed by atoms with E-state index in [9.17, 15) is 4.79 Å². The Morgan fingerprint density at radius 1 is 1.37 bits per heavy atom. The molecule has 0 aliphatic heterocycles. The number of fused-ring (bicyclic) bond motifs is 1. The van der Waals surface area contributed by atoms with Gasteiger partial charge in [0.05, 0.1) is 12.1 Å². The number of amides is 1. The number of carbonyl (C=O) groups excluding carboxylic acids is 1. The molecular weight excluding hydrogens is 236 g/mol. The molecule has 1 aliphatic carbocycles. The Balaban J connectivity index is 2.11. The van der Waals surface area contributed by atoms with Crippen molar-refractivity contribution in [2.24, 2.45) is 11.1 Å². The zero-order chi connectivity index (χ0) is 14.0. The number of hydrogen-bond acceptors (Lipinski definition) is 2. The van der Waals surface area contributed by atoms with E-state index in [0.29, 0.717) is 0 Å². The van der Waals surface area contributed by atoms with Crippen LogP contribution in [0.3, 0.4) is 0 Å². The minimum absolute atomic E-state index is 0.0470. The molecular formula is C16H24N2O. The third-order valence-electron chi connectivity index (χ3n) is 3.90. The van der Waals surface area contributed by atoms with Gasteiger partial charge in [0.15, 0.2) is 0 Å². The molecule has 0 radical (unpaired) electrons. The Labute approximate surface area is 115 Å². The molecule has 0 heterocycles. The van der Waals surface area contributed by atoms with Gasteiger partial charge in [-0.2, -0.15) is 0 Å². The lowest BCUT2D eigenvalue weighted by Gasteiger charge is -2.31. The molecule has 1 unspecified atom stereocenters. The Morgan fingerprint density at radius 2 is 2.05 bits per heavy atom. The fourth-order valence-corrected chi connectivity index (χ4v) is 2.56. The molecule has 0 fully saturated rings. The van der Waals surface area contributed by atoms with E-state index in [-0.39, 0.29) is 17.4 Å². The smallest absolute Gasteiger partial charge is 0.237 e. The SMILES string of the molecule is CC(C)(C)[C@H](N)C(=O)NC1CCCc2ccccc21. The lowest BCUT2D eigenvalue weighted by atomic mass is 9.85. The summed E-state index contributed by atoms with van der Waals surface area (Å²) in [5.74, 6) is -0.0470. The van der Waals surface area contributed by atoms with E-state index in [1.54, 1.807) is 0 Å². The highest BCUT2D eigenvalue weighted by Gasteiger charge is 2.30. The molecule has 0 spiro atoms. The normalized spacial score (nSPS) is 20.5. The number of benzene rings is 1.